The summed E-state index contributed by atoms with van der Waals surface area (Å²) in [4.78, 5) is 9.36. The zero-order chi connectivity index (χ0) is 17.6. The molecule has 1 unspecified atom stereocenters. The molecule has 0 saturated carbocycles. The number of guanidine groups is 1. The van der Waals surface area contributed by atoms with E-state index < -0.39 is 0 Å². The number of morpholine rings is 1. The number of ether oxygens (including phenoxy) is 1. The molecule has 1 aromatic rings. The van der Waals surface area contributed by atoms with Crippen molar-refractivity contribution in [1.29, 1.82) is 0 Å². The molecule has 2 heterocycles. The summed E-state index contributed by atoms with van der Waals surface area (Å²) in [6.45, 7) is 11.4. The zero-order valence-electron chi connectivity index (χ0n) is 15.9. The molecule has 1 atom stereocenters. The first-order chi connectivity index (χ1) is 12.2. The van der Waals surface area contributed by atoms with Crippen molar-refractivity contribution in [2.45, 2.75) is 32.9 Å². The molecule has 2 aliphatic heterocycles. The van der Waals surface area contributed by atoms with Crippen LogP contribution in [-0.2, 0) is 17.7 Å². The van der Waals surface area contributed by atoms with Gasteiger partial charge in [0, 0.05) is 46.3 Å². The number of hydrogen-bond acceptors (Lipinski definition) is 3. The molecular formula is C20H32N4O. The minimum atomic E-state index is 0.237. The topological polar surface area (TPSA) is 40.1 Å². The number of nitrogens with one attached hydrogen (secondary N) is 1. The van der Waals surface area contributed by atoms with Crippen molar-refractivity contribution < 1.29 is 4.74 Å². The second-order valence-corrected chi connectivity index (χ2v) is 7.51. The zero-order valence-corrected chi connectivity index (χ0v) is 15.9. The average Bonchev–Trinajstić information content (AvgIpc) is 2.62. The maximum atomic E-state index is 5.95. The standard InChI is InChI=1S/C20H32N4O/c1-16(2)13-23-10-11-25-19(15-23)12-22-20(21-3)24-9-8-17-6-4-5-7-18(17)14-24/h4-7,16,19H,8-15H2,1-3H3,(H,21,22). The molecule has 0 aliphatic carbocycles. The van der Waals surface area contributed by atoms with Crippen LogP contribution in [0.3, 0.4) is 0 Å². The van der Waals surface area contributed by atoms with Crippen molar-refractivity contribution in [1.82, 2.24) is 15.1 Å². The molecule has 1 fully saturated rings. The van der Waals surface area contributed by atoms with Gasteiger partial charge in [0.1, 0.15) is 0 Å². The quantitative estimate of drug-likeness (QED) is 0.670. The van der Waals surface area contributed by atoms with E-state index in [2.05, 4.69) is 58.2 Å². The van der Waals surface area contributed by atoms with Gasteiger partial charge in [0.2, 0.25) is 0 Å². The lowest BCUT2D eigenvalue weighted by Crippen LogP contribution is -2.51. The second kappa shape index (κ2) is 8.68. The molecule has 1 aromatic carbocycles. The maximum Gasteiger partial charge on any atom is 0.194 e. The average molecular weight is 345 g/mol. The first kappa shape index (κ1) is 18.2. The van der Waals surface area contributed by atoms with Gasteiger partial charge >= 0.3 is 0 Å². The fraction of sp³-hybridized carbons (Fsp3) is 0.650. The lowest BCUT2D eigenvalue weighted by atomic mass is 10.0. The van der Waals surface area contributed by atoms with E-state index >= 15 is 0 Å². The summed E-state index contributed by atoms with van der Waals surface area (Å²) in [6, 6.07) is 8.72. The lowest BCUT2D eigenvalue weighted by Gasteiger charge is -2.36. The van der Waals surface area contributed by atoms with Gasteiger partial charge < -0.3 is 15.0 Å². The Morgan fingerprint density at radius 3 is 2.84 bits per heavy atom. The van der Waals surface area contributed by atoms with Crippen LogP contribution in [0, 0.1) is 5.92 Å². The van der Waals surface area contributed by atoms with E-state index in [-0.39, 0.29) is 6.10 Å². The maximum absolute atomic E-state index is 5.95. The molecule has 0 aromatic heterocycles. The molecule has 25 heavy (non-hydrogen) atoms. The Kier molecular flexibility index (Phi) is 6.32. The number of hydrogen-bond donors (Lipinski definition) is 1. The Labute approximate surface area is 152 Å². The van der Waals surface area contributed by atoms with Gasteiger partial charge in [-0.15, -0.1) is 0 Å². The highest BCUT2D eigenvalue weighted by molar-refractivity contribution is 5.80. The van der Waals surface area contributed by atoms with Gasteiger partial charge in [0.15, 0.2) is 5.96 Å². The van der Waals surface area contributed by atoms with E-state index in [4.69, 9.17) is 4.74 Å². The first-order valence-corrected chi connectivity index (χ1v) is 9.52. The number of fused-ring (bicyclic) bond motifs is 1. The summed E-state index contributed by atoms with van der Waals surface area (Å²) in [6.07, 6.45) is 1.32. The van der Waals surface area contributed by atoms with Crippen molar-refractivity contribution >= 4 is 5.96 Å². The van der Waals surface area contributed by atoms with Crippen LogP contribution in [0.4, 0.5) is 0 Å². The third kappa shape index (κ3) is 4.95. The van der Waals surface area contributed by atoms with Crippen LogP contribution in [0.5, 0.6) is 0 Å². The number of nitrogens with zero attached hydrogens (tertiary/aromatic N) is 3. The molecule has 1 saturated heterocycles. The smallest absolute Gasteiger partial charge is 0.194 e. The molecule has 2 aliphatic rings. The van der Waals surface area contributed by atoms with Gasteiger partial charge in [-0.1, -0.05) is 38.1 Å². The largest absolute Gasteiger partial charge is 0.374 e. The van der Waals surface area contributed by atoms with E-state index in [0.29, 0.717) is 5.92 Å². The highest BCUT2D eigenvalue weighted by Gasteiger charge is 2.23. The Morgan fingerprint density at radius 1 is 1.28 bits per heavy atom. The van der Waals surface area contributed by atoms with Crippen molar-refractivity contribution in [2.75, 3.05) is 46.4 Å². The van der Waals surface area contributed by atoms with Gasteiger partial charge in [0.05, 0.1) is 12.7 Å². The molecule has 0 radical (unpaired) electrons. The third-order valence-electron chi connectivity index (χ3n) is 4.98. The summed E-state index contributed by atoms with van der Waals surface area (Å²) >= 11 is 0. The Morgan fingerprint density at radius 2 is 2.08 bits per heavy atom. The molecule has 0 bridgehead atoms. The minimum Gasteiger partial charge on any atom is -0.374 e. The Balaban J connectivity index is 1.51. The molecular weight excluding hydrogens is 312 g/mol. The predicted molar refractivity (Wildman–Crippen MR) is 103 cm³/mol. The number of rotatable bonds is 4. The van der Waals surface area contributed by atoms with E-state index in [1.807, 2.05) is 7.05 Å². The van der Waals surface area contributed by atoms with E-state index in [0.717, 1.165) is 58.3 Å². The molecule has 3 rings (SSSR count). The van der Waals surface area contributed by atoms with Gasteiger partial charge in [0.25, 0.3) is 0 Å². The van der Waals surface area contributed by atoms with E-state index in [1.54, 1.807) is 0 Å². The van der Waals surface area contributed by atoms with Crippen LogP contribution >= 0.6 is 0 Å². The van der Waals surface area contributed by atoms with Crippen LogP contribution in [0.25, 0.3) is 0 Å². The summed E-state index contributed by atoms with van der Waals surface area (Å²) in [5.74, 6) is 1.69. The number of benzene rings is 1. The van der Waals surface area contributed by atoms with E-state index in [9.17, 15) is 0 Å². The highest BCUT2D eigenvalue weighted by Crippen LogP contribution is 2.18. The fourth-order valence-electron chi connectivity index (χ4n) is 3.80. The summed E-state index contributed by atoms with van der Waals surface area (Å²) < 4.78 is 5.95. The normalized spacial score (nSPS) is 22.2. The molecule has 0 amide bonds. The predicted octanol–water partition coefficient (Wildman–Crippen LogP) is 1.98. The lowest BCUT2D eigenvalue weighted by molar-refractivity contribution is -0.0286. The van der Waals surface area contributed by atoms with Crippen LogP contribution in [-0.4, -0.2) is 68.2 Å². The monoisotopic (exact) mass is 344 g/mol. The Hall–Kier alpha value is -1.59. The third-order valence-corrected chi connectivity index (χ3v) is 4.98. The first-order valence-electron chi connectivity index (χ1n) is 9.52. The Bertz CT molecular complexity index is 587. The van der Waals surface area contributed by atoms with Crippen LogP contribution in [0.15, 0.2) is 29.3 Å². The van der Waals surface area contributed by atoms with Crippen molar-refractivity contribution in [3.05, 3.63) is 35.4 Å². The van der Waals surface area contributed by atoms with Crippen molar-refractivity contribution in [3.8, 4) is 0 Å². The molecule has 0 spiro atoms. The molecule has 138 valence electrons. The highest BCUT2D eigenvalue weighted by atomic mass is 16.5. The molecule has 5 heteroatoms. The van der Waals surface area contributed by atoms with Gasteiger partial charge in [-0.3, -0.25) is 9.89 Å². The molecule has 1 N–H and O–H groups in total. The fourth-order valence-corrected chi connectivity index (χ4v) is 3.80. The summed E-state index contributed by atoms with van der Waals surface area (Å²) in [5.41, 5.74) is 2.88. The van der Waals surface area contributed by atoms with Gasteiger partial charge in [-0.05, 0) is 23.5 Å². The van der Waals surface area contributed by atoms with Crippen LogP contribution in [0.2, 0.25) is 0 Å². The van der Waals surface area contributed by atoms with Crippen LogP contribution < -0.4 is 5.32 Å². The summed E-state index contributed by atoms with van der Waals surface area (Å²) in [7, 11) is 1.87. The van der Waals surface area contributed by atoms with Crippen LogP contribution in [0.1, 0.15) is 25.0 Å². The second-order valence-electron chi connectivity index (χ2n) is 7.51. The van der Waals surface area contributed by atoms with Crippen molar-refractivity contribution in [2.24, 2.45) is 10.9 Å². The summed E-state index contributed by atoms with van der Waals surface area (Å²) in [5, 5.41) is 3.54. The minimum absolute atomic E-state index is 0.237. The van der Waals surface area contributed by atoms with Gasteiger partial charge in [-0.2, -0.15) is 0 Å². The number of aliphatic imine (C=N–C) groups is 1. The molecule has 5 nitrogen and oxygen atoms in total. The van der Waals surface area contributed by atoms with Gasteiger partial charge in [-0.25, -0.2) is 0 Å². The van der Waals surface area contributed by atoms with E-state index in [1.165, 1.54) is 11.1 Å². The van der Waals surface area contributed by atoms with Crippen molar-refractivity contribution in [3.63, 3.8) is 0 Å². The SMILES string of the molecule is CN=C(NCC1CN(CC(C)C)CCO1)N1CCc2ccccc2C1.